The van der Waals surface area contributed by atoms with Gasteiger partial charge in [0.05, 0.1) is 6.20 Å². The highest BCUT2D eigenvalue weighted by atomic mass is 14.8. The van der Waals surface area contributed by atoms with Gasteiger partial charge in [0.15, 0.2) is 0 Å². The summed E-state index contributed by atoms with van der Waals surface area (Å²) in [6, 6.07) is 1.83. The van der Waals surface area contributed by atoms with E-state index in [1.54, 1.807) is 0 Å². The van der Waals surface area contributed by atoms with Gasteiger partial charge in [-0.25, -0.2) is 9.97 Å². The van der Waals surface area contributed by atoms with Gasteiger partial charge < -0.3 is 0 Å². The summed E-state index contributed by atoms with van der Waals surface area (Å²) in [7, 11) is 0. The second-order valence-corrected chi connectivity index (χ2v) is 2.74. The molecule has 1 rings (SSSR count). The first-order valence-corrected chi connectivity index (χ1v) is 3.46. The van der Waals surface area contributed by atoms with Crippen molar-refractivity contribution in [1.82, 2.24) is 9.97 Å². The lowest BCUT2D eigenvalue weighted by Gasteiger charge is -2.00. The number of hydrogen-bond acceptors (Lipinski definition) is 2. The quantitative estimate of drug-likeness (QED) is 0.613. The lowest BCUT2D eigenvalue weighted by Crippen LogP contribution is -1.96. The van der Waals surface area contributed by atoms with E-state index in [2.05, 4.69) is 30.0 Å². The number of rotatable bonds is 2. The summed E-state index contributed by atoms with van der Waals surface area (Å²) in [5, 5.41) is 0. The molecular formula is C8H11N2. The molecule has 0 spiro atoms. The topological polar surface area (TPSA) is 25.8 Å². The average Bonchev–Trinajstić information content (AvgIpc) is 1.88. The Bertz CT molecular complexity index is 182. The summed E-state index contributed by atoms with van der Waals surface area (Å²) in [6.07, 6.45) is 5.31. The van der Waals surface area contributed by atoms with Crippen LogP contribution >= 0.6 is 0 Å². The first-order valence-electron chi connectivity index (χ1n) is 3.46. The van der Waals surface area contributed by atoms with Crippen molar-refractivity contribution in [2.24, 2.45) is 5.92 Å². The minimum Gasteiger partial charge on any atom is -0.241 e. The third-order valence-electron chi connectivity index (χ3n) is 1.20. The summed E-state index contributed by atoms with van der Waals surface area (Å²) in [6.45, 7) is 4.34. The molecule has 10 heavy (non-hydrogen) atoms. The van der Waals surface area contributed by atoms with Gasteiger partial charge in [-0.15, -0.1) is 0 Å². The van der Waals surface area contributed by atoms with E-state index in [4.69, 9.17) is 0 Å². The van der Waals surface area contributed by atoms with Crippen LogP contribution in [0.15, 0.2) is 12.4 Å². The van der Waals surface area contributed by atoms with Crippen LogP contribution in [0.25, 0.3) is 0 Å². The second kappa shape index (κ2) is 3.30. The minimum absolute atomic E-state index is 0.656. The number of nitrogens with zero attached hydrogens (tertiary/aromatic N) is 2. The Morgan fingerprint density at radius 2 is 2.40 bits per heavy atom. The zero-order valence-electron chi connectivity index (χ0n) is 6.33. The Balaban J connectivity index is 2.59. The maximum Gasteiger partial charge on any atom is 0.116 e. The van der Waals surface area contributed by atoms with E-state index in [1.807, 2.05) is 6.07 Å². The van der Waals surface area contributed by atoms with E-state index in [9.17, 15) is 0 Å². The fourth-order valence-corrected chi connectivity index (χ4v) is 0.815. The van der Waals surface area contributed by atoms with E-state index in [0.717, 1.165) is 12.1 Å². The van der Waals surface area contributed by atoms with Crippen LogP contribution in [0.3, 0.4) is 0 Å². The molecule has 0 saturated carbocycles. The van der Waals surface area contributed by atoms with Crippen LogP contribution in [0.4, 0.5) is 0 Å². The zero-order valence-corrected chi connectivity index (χ0v) is 6.33. The molecule has 0 N–H and O–H groups in total. The molecule has 1 heterocycles. The molecule has 0 saturated heterocycles. The molecule has 2 heteroatoms. The summed E-state index contributed by atoms with van der Waals surface area (Å²) in [5.41, 5.74) is 1.07. The summed E-state index contributed by atoms with van der Waals surface area (Å²) >= 11 is 0. The molecule has 0 fully saturated rings. The summed E-state index contributed by atoms with van der Waals surface area (Å²) in [4.78, 5) is 7.79. The monoisotopic (exact) mass is 135 g/mol. The SMILES string of the molecule is CC(C)Cc1c[c]ncn1. The standard InChI is InChI=1S/C8H11N2/c1-7(2)5-8-3-4-9-6-10-8/h3,6-7H,5H2,1-2H3. The van der Waals surface area contributed by atoms with Gasteiger partial charge in [-0.3, -0.25) is 0 Å². The highest BCUT2D eigenvalue weighted by Gasteiger charge is 1.96. The first kappa shape index (κ1) is 7.19. The van der Waals surface area contributed by atoms with E-state index >= 15 is 0 Å². The molecule has 1 aromatic rings. The maximum absolute atomic E-state index is 4.08. The van der Waals surface area contributed by atoms with Gasteiger partial charge in [-0.1, -0.05) is 13.8 Å². The molecule has 0 aromatic carbocycles. The molecule has 1 aromatic heterocycles. The van der Waals surface area contributed by atoms with Crippen molar-refractivity contribution >= 4 is 0 Å². The molecule has 0 atom stereocenters. The van der Waals surface area contributed by atoms with Gasteiger partial charge >= 0.3 is 0 Å². The van der Waals surface area contributed by atoms with Crippen LogP contribution in [0.5, 0.6) is 0 Å². The van der Waals surface area contributed by atoms with E-state index in [0.29, 0.717) is 5.92 Å². The van der Waals surface area contributed by atoms with Crippen molar-refractivity contribution in [2.45, 2.75) is 20.3 Å². The van der Waals surface area contributed by atoms with Crippen molar-refractivity contribution in [2.75, 3.05) is 0 Å². The summed E-state index contributed by atoms with van der Waals surface area (Å²) < 4.78 is 0. The Morgan fingerprint density at radius 1 is 1.60 bits per heavy atom. The molecule has 0 aliphatic carbocycles. The summed E-state index contributed by atoms with van der Waals surface area (Å²) in [5.74, 6) is 0.656. The highest BCUT2D eigenvalue weighted by molar-refractivity contribution is 4.96. The Labute approximate surface area is 61.3 Å². The molecule has 0 bridgehead atoms. The lowest BCUT2D eigenvalue weighted by molar-refractivity contribution is 0.634. The number of hydrogen-bond donors (Lipinski definition) is 0. The fourth-order valence-electron chi connectivity index (χ4n) is 0.815. The van der Waals surface area contributed by atoms with Crippen LogP contribution in [0, 0.1) is 12.1 Å². The van der Waals surface area contributed by atoms with Crippen LogP contribution in [0.2, 0.25) is 0 Å². The van der Waals surface area contributed by atoms with Gasteiger partial charge in [-0.2, -0.15) is 0 Å². The van der Waals surface area contributed by atoms with Crippen LogP contribution < -0.4 is 0 Å². The fraction of sp³-hybridized carbons (Fsp3) is 0.500. The molecule has 1 radical (unpaired) electrons. The van der Waals surface area contributed by atoms with Crippen molar-refractivity contribution < 1.29 is 0 Å². The predicted molar refractivity (Wildman–Crippen MR) is 39.4 cm³/mol. The predicted octanol–water partition coefficient (Wildman–Crippen LogP) is 1.48. The largest absolute Gasteiger partial charge is 0.241 e. The third kappa shape index (κ3) is 2.13. The zero-order chi connectivity index (χ0) is 7.40. The Kier molecular flexibility index (Phi) is 2.37. The van der Waals surface area contributed by atoms with E-state index < -0.39 is 0 Å². The molecule has 0 aliphatic rings. The molecule has 2 nitrogen and oxygen atoms in total. The van der Waals surface area contributed by atoms with Crippen LogP contribution in [0.1, 0.15) is 19.5 Å². The average molecular weight is 135 g/mol. The first-order chi connectivity index (χ1) is 4.79. The van der Waals surface area contributed by atoms with E-state index in [1.165, 1.54) is 6.33 Å². The van der Waals surface area contributed by atoms with Gasteiger partial charge in [0.1, 0.15) is 6.33 Å². The van der Waals surface area contributed by atoms with Gasteiger partial charge in [0, 0.05) is 5.69 Å². The third-order valence-corrected chi connectivity index (χ3v) is 1.20. The minimum atomic E-state index is 0.656. The van der Waals surface area contributed by atoms with Gasteiger partial charge in [0.25, 0.3) is 0 Å². The van der Waals surface area contributed by atoms with Crippen molar-refractivity contribution in [3.63, 3.8) is 0 Å². The van der Waals surface area contributed by atoms with Crippen molar-refractivity contribution in [3.8, 4) is 0 Å². The Hall–Kier alpha value is -0.920. The molecule has 0 unspecified atom stereocenters. The number of aromatic nitrogens is 2. The van der Waals surface area contributed by atoms with Crippen LogP contribution in [-0.2, 0) is 6.42 Å². The van der Waals surface area contributed by atoms with Crippen LogP contribution in [-0.4, -0.2) is 9.97 Å². The molecular weight excluding hydrogens is 124 g/mol. The molecule has 0 aliphatic heterocycles. The smallest absolute Gasteiger partial charge is 0.116 e. The van der Waals surface area contributed by atoms with Crippen molar-refractivity contribution in [1.29, 1.82) is 0 Å². The normalized spacial score (nSPS) is 10.3. The molecule has 53 valence electrons. The van der Waals surface area contributed by atoms with Gasteiger partial charge in [-0.05, 0) is 18.4 Å². The lowest BCUT2D eigenvalue weighted by atomic mass is 10.1. The molecule has 0 amide bonds. The maximum atomic E-state index is 4.08. The highest BCUT2D eigenvalue weighted by Crippen LogP contribution is 2.01. The van der Waals surface area contributed by atoms with Gasteiger partial charge in [0.2, 0.25) is 0 Å². The van der Waals surface area contributed by atoms with Crippen molar-refractivity contribution in [3.05, 3.63) is 24.3 Å². The Morgan fingerprint density at radius 3 is 2.90 bits per heavy atom. The van der Waals surface area contributed by atoms with E-state index in [-0.39, 0.29) is 0 Å². The second-order valence-electron chi connectivity index (χ2n) is 2.74.